The fourth-order valence-electron chi connectivity index (χ4n) is 4.32. The number of unbranched alkanes of at least 4 members (excludes halogenated alkanes) is 1. The third-order valence-corrected chi connectivity index (χ3v) is 8.11. The summed E-state index contributed by atoms with van der Waals surface area (Å²) in [6.07, 6.45) is 3.66. The smallest absolute Gasteiger partial charge is 0.333 e. The minimum atomic E-state index is -3.18. The van der Waals surface area contributed by atoms with Crippen LogP contribution >= 0.6 is 0 Å². The first-order chi connectivity index (χ1) is 16.2. The maximum absolute atomic E-state index is 13.4. The van der Waals surface area contributed by atoms with Crippen molar-refractivity contribution in [1.82, 2.24) is 23.6 Å². The topological polar surface area (TPSA) is 116 Å². The Morgan fingerprint density at radius 1 is 1.18 bits per heavy atom. The fraction of sp³-hybridized carbons (Fsp3) is 0.478. The van der Waals surface area contributed by atoms with Crippen LogP contribution in [0.15, 0.2) is 46.2 Å². The molecule has 0 N–H and O–H groups in total. The first kappa shape index (κ1) is 23.9. The van der Waals surface area contributed by atoms with E-state index < -0.39 is 39.6 Å². The summed E-state index contributed by atoms with van der Waals surface area (Å²) >= 11 is 0. The molecule has 4 rings (SSSR count). The van der Waals surface area contributed by atoms with E-state index in [2.05, 4.69) is 4.98 Å². The van der Waals surface area contributed by atoms with E-state index in [4.69, 9.17) is 0 Å². The van der Waals surface area contributed by atoms with Crippen LogP contribution in [0.4, 0.5) is 0 Å². The summed E-state index contributed by atoms with van der Waals surface area (Å²) in [5.41, 5.74) is 0.234. The van der Waals surface area contributed by atoms with Crippen molar-refractivity contribution in [2.75, 3.05) is 18.6 Å². The van der Waals surface area contributed by atoms with Crippen LogP contribution in [0.25, 0.3) is 11.2 Å². The largest absolute Gasteiger partial charge is 0.340 e. The predicted molar refractivity (Wildman–Crippen MR) is 129 cm³/mol. The van der Waals surface area contributed by atoms with Gasteiger partial charge in [-0.25, -0.2) is 22.8 Å². The molecule has 1 aliphatic rings. The highest BCUT2D eigenvalue weighted by Gasteiger charge is 2.33. The van der Waals surface area contributed by atoms with Gasteiger partial charge in [0.05, 0.1) is 24.4 Å². The number of likely N-dealkylation sites (N-methyl/N-ethyl adjacent to an activating group) is 1. The number of nitrogens with zero attached hydrogens (tertiary/aromatic N) is 5. The number of imidazole rings is 1. The molecule has 3 aromatic rings. The maximum atomic E-state index is 13.4. The lowest BCUT2D eigenvalue weighted by Crippen LogP contribution is -2.47. The van der Waals surface area contributed by atoms with Crippen molar-refractivity contribution in [1.29, 1.82) is 0 Å². The van der Waals surface area contributed by atoms with Gasteiger partial charge in [-0.15, -0.1) is 0 Å². The number of carbonyl (C=O) groups excluding carboxylic acids is 1. The van der Waals surface area contributed by atoms with Crippen LogP contribution < -0.4 is 11.2 Å². The van der Waals surface area contributed by atoms with Crippen LogP contribution in [0.5, 0.6) is 0 Å². The second-order valence-electron chi connectivity index (χ2n) is 8.77. The zero-order valence-electron chi connectivity index (χ0n) is 19.4. The first-order valence-corrected chi connectivity index (χ1v) is 13.2. The van der Waals surface area contributed by atoms with E-state index in [9.17, 15) is 22.8 Å². The van der Waals surface area contributed by atoms with Gasteiger partial charge in [-0.2, -0.15) is 0 Å². The zero-order chi connectivity index (χ0) is 24.5. The molecule has 0 spiro atoms. The van der Waals surface area contributed by atoms with E-state index in [1.54, 1.807) is 10.9 Å². The van der Waals surface area contributed by atoms with Crippen LogP contribution in [0, 0.1) is 0 Å². The molecule has 182 valence electrons. The lowest BCUT2D eigenvalue weighted by molar-refractivity contribution is -0.132. The summed E-state index contributed by atoms with van der Waals surface area (Å²) in [6, 6.07) is 8.89. The molecule has 11 heteroatoms. The lowest BCUT2D eigenvalue weighted by atomic mass is 10.2. The third-order valence-electron chi connectivity index (χ3n) is 6.36. The van der Waals surface area contributed by atoms with Crippen molar-refractivity contribution in [3.63, 3.8) is 0 Å². The van der Waals surface area contributed by atoms with Crippen LogP contribution in [0.2, 0.25) is 0 Å². The van der Waals surface area contributed by atoms with Gasteiger partial charge < -0.3 is 9.47 Å². The third kappa shape index (κ3) is 4.70. The number of fused-ring (bicyclic) bond motifs is 1. The molecule has 1 aliphatic heterocycles. The predicted octanol–water partition coefficient (Wildman–Crippen LogP) is 0.854. The van der Waals surface area contributed by atoms with Crippen molar-refractivity contribution >= 4 is 26.9 Å². The average Bonchev–Trinajstić information content (AvgIpc) is 3.41. The number of hydrogen-bond donors (Lipinski definition) is 0. The van der Waals surface area contributed by atoms with E-state index in [1.807, 2.05) is 37.3 Å². The molecule has 34 heavy (non-hydrogen) atoms. The second kappa shape index (κ2) is 9.57. The summed E-state index contributed by atoms with van der Waals surface area (Å²) in [6.45, 7) is 2.35. The Labute approximate surface area is 197 Å². The van der Waals surface area contributed by atoms with Crippen LogP contribution in [-0.2, 0) is 34.3 Å². The number of carbonyl (C=O) groups is 1. The summed E-state index contributed by atoms with van der Waals surface area (Å²) in [7, 11) is -1.66. The number of benzene rings is 1. The zero-order valence-corrected chi connectivity index (χ0v) is 20.2. The van der Waals surface area contributed by atoms with E-state index in [1.165, 1.54) is 16.5 Å². The molecule has 1 saturated heterocycles. The minimum absolute atomic E-state index is 0.0295. The van der Waals surface area contributed by atoms with Crippen LogP contribution in [0.3, 0.4) is 0 Å². The standard InChI is InChI=1S/C23H29N5O5S/c1-3-4-11-26-16-24-21-20(26)22(30)28(23(31)27(21)13-17-8-6-5-7-9-17)14-19(29)25(2)18-10-12-34(32,33)15-18/h5-9,16,18H,3-4,10-15H2,1-2H3/t18-/m1/s1. The second-order valence-corrected chi connectivity index (χ2v) is 11.0. The Morgan fingerprint density at radius 3 is 2.56 bits per heavy atom. The summed E-state index contributed by atoms with van der Waals surface area (Å²) in [5.74, 6) is -0.557. The van der Waals surface area contributed by atoms with E-state index in [0.717, 1.165) is 23.0 Å². The Bertz CT molecular complexity index is 1420. The number of rotatable bonds is 8. The number of hydrogen-bond acceptors (Lipinski definition) is 6. The molecular weight excluding hydrogens is 458 g/mol. The highest BCUT2D eigenvalue weighted by molar-refractivity contribution is 7.91. The van der Waals surface area contributed by atoms with Crippen LogP contribution in [-0.4, -0.2) is 62.5 Å². The van der Waals surface area contributed by atoms with Crippen molar-refractivity contribution < 1.29 is 13.2 Å². The summed E-state index contributed by atoms with van der Waals surface area (Å²) in [5, 5.41) is 0. The van der Waals surface area contributed by atoms with Gasteiger partial charge in [-0.05, 0) is 18.4 Å². The SMILES string of the molecule is CCCCn1cnc2c1c(=O)n(CC(=O)N(C)[C@@H]1CCS(=O)(=O)C1)c(=O)n2Cc1ccccc1. The maximum Gasteiger partial charge on any atom is 0.333 e. The number of aromatic nitrogens is 4. The quantitative estimate of drug-likeness (QED) is 0.465. The van der Waals surface area contributed by atoms with Gasteiger partial charge >= 0.3 is 5.69 Å². The van der Waals surface area contributed by atoms with Crippen molar-refractivity contribution in [3.8, 4) is 0 Å². The van der Waals surface area contributed by atoms with E-state index in [0.29, 0.717) is 13.0 Å². The molecule has 1 fully saturated rings. The molecule has 0 radical (unpaired) electrons. The highest BCUT2D eigenvalue weighted by atomic mass is 32.2. The normalized spacial score (nSPS) is 17.3. The lowest BCUT2D eigenvalue weighted by Gasteiger charge is -2.23. The van der Waals surface area contributed by atoms with E-state index >= 15 is 0 Å². The van der Waals surface area contributed by atoms with Crippen LogP contribution in [0.1, 0.15) is 31.7 Å². The molecule has 1 amide bonds. The first-order valence-electron chi connectivity index (χ1n) is 11.4. The number of aryl methyl sites for hydroxylation is 1. The molecule has 0 aliphatic carbocycles. The number of amides is 1. The van der Waals surface area contributed by atoms with Crippen molar-refractivity contribution in [3.05, 3.63) is 63.1 Å². The molecule has 0 saturated carbocycles. The molecule has 0 bridgehead atoms. The van der Waals surface area contributed by atoms with Gasteiger partial charge in [0.25, 0.3) is 5.56 Å². The van der Waals surface area contributed by atoms with Gasteiger partial charge in [0.2, 0.25) is 5.91 Å². The Morgan fingerprint density at radius 2 is 1.91 bits per heavy atom. The van der Waals surface area contributed by atoms with Crippen molar-refractivity contribution in [2.45, 2.75) is 51.9 Å². The molecule has 10 nitrogen and oxygen atoms in total. The molecule has 0 unspecified atom stereocenters. The number of sulfone groups is 1. The molecule has 1 atom stereocenters. The molecule has 2 aromatic heterocycles. The van der Waals surface area contributed by atoms with Gasteiger partial charge in [0.1, 0.15) is 6.54 Å². The van der Waals surface area contributed by atoms with Gasteiger partial charge in [0.15, 0.2) is 21.0 Å². The Balaban J connectivity index is 1.76. The monoisotopic (exact) mass is 487 g/mol. The average molecular weight is 488 g/mol. The Kier molecular flexibility index (Phi) is 6.74. The Hall–Kier alpha value is -3.21. The fourth-order valence-corrected chi connectivity index (χ4v) is 6.09. The molecule has 3 heterocycles. The highest BCUT2D eigenvalue weighted by Crippen LogP contribution is 2.17. The van der Waals surface area contributed by atoms with Gasteiger partial charge in [-0.1, -0.05) is 43.7 Å². The molecule has 1 aromatic carbocycles. The van der Waals surface area contributed by atoms with Gasteiger partial charge in [0, 0.05) is 19.6 Å². The minimum Gasteiger partial charge on any atom is -0.340 e. The molecular formula is C23H29N5O5S. The summed E-state index contributed by atoms with van der Waals surface area (Å²) < 4.78 is 27.8. The van der Waals surface area contributed by atoms with Crippen molar-refractivity contribution in [2.24, 2.45) is 0 Å². The van der Waals surface area contributed by atoms with E-state index in [-0.39, 0.29) is 29.2 Å². The summed E-state index contributed by atoms with van der Waals surface area (Å²) in [4.78, 5) is 45.6. The van der Waals surface area contributed by atoms with Gasteiger partial charge in [-0.3, -0.25) is 14.2 Å².